The number of amides is 1. The molecule has 24 heavy (non-hydrogen) atoms. The van der Waals surface area contributed by atoms with Crippen LogP contribution in [0.1, 0.15) is 16.8 Å². The summed E-state index contributed by atoms with van der Waals surface area (Å²) in [5.41, 5.74) is 0.369. The van der Waals surface area contributed by atoms with Crippen molar-refractivity contribution in [3.63, 3.8) is 0 Å². The predicted molar refractivity (Wildman–Crippen MR) is 81.9 cm³/mol. The maximum absolute atomic E-state index is 12.9. The second kappa shape index (κ2) is 6.96. The summed E-state index contributed by atoms with van der Waals surface area (Å²) in [4.78, 5) is 25.4. The van der Waals surface area contributed by atoms with E-state index in [1.54, 1.807) is 12.1 Å². The van der Waals surface area contributed by atoms with E-state index < -0.39 is 12.0 Å². The van der Waals surface area contributed by atoms with Crippen LogP contribution in [0.3, 0.4) is 0 Å². The molecule has 1 unspecified atom stereocenters. The van der Waals surface area contributed by atoms with Crippen LogP contribution in [0.4, 0.5) is 0 Å². The molecule has 0 aromatic heterocycles. The van der Waals surface area contributed by atoms with Gasteiger partial charge in [0.15, 0.2) is 11.5 Å². The van der Waals surface area contributed by atoms with Crippen LogP contribution in [0.25, 0.3) is 0 Å². The van der Waals surface area contributed by atoms with E-state index in [1.807, 2.05) is 0 Å². The normalized spacial score (nSPS) is 19.7. The zero-order valence-electron chi connectivity index (χ0n) is 13.3. The Bertz CT molecular complexity index is 628. The van der Waals surface area contributed by atoms with Gasteiger partial charge < -0.3 is 29.0 Å². The smallest absolute Gasteiger partial charge is 0.305 e. The fourth-order valence-corrected chi connectivity index (χ4v) is 2.86. The monoisotopic (exact) mass is 337 g/mol. The van der Waals surface area contributed by atoms with Crippen molar-refractivity contribution in [3.8, 4) is 17.2 Å². The molecule has 1 saturated heterocycles. The quantitative estimate of drug-likeness (QED) is 0.867. The van der Waals surface area contributed by atoms with Crippen molar-refractivity contribution in [2.45, 2.75) is 12.5 Å². The number of benzene rings is 1. The van der Waals surface area contributed by atoms with E-state index in [2.05, 4.69) is 0 Å². The van der Waals surface area contributed by atoms with Gasteiger partial charge in [0, 0.05) is 12.1 Å². The standard InChI is InChI=1S/C16H19NO7/c1-21-12-6-10(7-13-15(12)24-5-4-23-13)16(20)17-2-3-22-9-11(17)8-14(18)19/h6-7,11H,2-5,8-9H2,1H3,(H,18,19). The van der Waals surface area contributed by atoms with Crippen LogP contribution in [0, 0.1) is 0 Å². The maximum atomic E-state index is 12.9. The zero-order chi connectivity index (χ0) is 17.1. The fraction of sp³-hybridized carbons (Fsp3) is 0.500. The number of rotatable bonds is 4. The van der Waals surface area contributed by atoms with Crippen LogP contribution in [-0.4, -0.2) is 68.0 Å². The number of methoxy groups -OCH3 is 1. The highest BCUT2D eigenvalue weighted by molar-refractivity contribution is 5.96. The summed E-state index contributed by atoms with van der Waals surface area (Å²) in [5.74, 6) is 0.0952. The number of nitrogens with zero attached hydrogens (tertiary/aromatic N) is 1. The van der Waals surface area contributed by atoms with Gasteiger partial charge in [-0.25, -0.2) is 0 Å². The maximum Gasteiger partial charge on any atom is 0.305 e. The second-order valence-electron chi connectivity index (χ2n) is 5.53. The van der Waals surface area contributed by atoms with Gasteiger partial charge in [-0.3, -0.25) is 9.59 Å². The number of morpholine rings is 1. The summed E-state index contributed by atoms with van der Waals surface area (Å²) in [6.07, 6.45) is -0.159. The van der Waals surface area contributed by atoms with Crippen LogP contribution in [0.2, 0.25) is 0 Å². The van der Waals surface area contributed by atoms with Gasteiger partial charge in [-0.15, -0.1) is 0 Å². The van der Waals surface area contributed by atoms with E-state index in [9.17, 15) is 9.59 Å². The SMILES string of the molecule is COc1cc(C(=O)N2CCOCC2CC(=O)O)cc2c1OCCO2. The molecule has 1 amide bonds. The number of hydrogen-bond donors (Lipinski definition) is 1. The molecule has 2 heterocycles. The van der Waals surface area contributed by atoms with Crippen LogP contribution < -0.4 is 14.2 Å². The van der Waals surface area contributed by atoms with E-state index in [1.165, 1.54) is 12.0 Å². The second-order valence-corrected chi connectivity index (χ2v) is 5.53. The lowest BCUT2D eigenvalue weighted by molar-refractivity contribution is -0.139. The van der Waals surface area contributed by atoms with Gasteiger partial charge in [-0.1, -0.05) is 0 Å². The summed E-state index contributed by atoms with van der Waals surface area (Å²) < 4.78 is 21.7. The first kappa shape index (κ1) is 16.4. The molecule has 0 bridgehead atoms. The first-order chi connectivity index (χ1) is 11.6. The molecule has 2 aliphatic rings. The van der Waals surface area contributed by atoms with E-state index >= 15 is 0 Å². The summed E-state index contributed by atoms with van der Waals surface area (Å²) in [5, 5.41) is 9.03. The van der Waals surface area contributed by atoms with E-state index in [0.717, 1.165) is 0 Å². The van der Waals surface area contributed by atoms with E-state index in [-0.39, 0.29) is 18.9 Å². The van der Waals surface area contributed by atoms with Gasteiger partial charge in [0.25, 0.3) is 5.91 Å². The number of carboxylic acid groups (broad SMARTS) is 1. The van der Waals surface area contributed by atoms with Crippen molar-refractivity contribution in [3.05, 3.63) is 17.7 Å². The first-order valence-electron chi connectivity index (χ1n) is 7.68. The Labute approximate surface area is 138 Å². The predicted octanol–water partition coefficient (Wildman–Crippen LogP) is 0.782. The molecule has 0 spiro atoms. The number of hydrogen-bond acceptors (Lipinski definition) is 6. The Morgan fingerprint density at radius 2 is 2.08 bits per heavy atom. The van der Waals surface area contributed by atoms with Gasteiger partial charge in [0.2, 0.25) is 5.75 Å². The number of fused-ring (bicyclic) bond motifs is 1. The van der Waals surface area contributed by atoms with Crippen molar-refractivity contribution in [1.29, 1.82) is 0 Å². The van der Waals surface area contributed by atoms with Crippen molar-refractivity contribution in [2.24, 2.45) is 0 Å². The highest BCUT2D eigenvalue weighted by atomic mass is 16.6. The topological polar surface area (TPSA) is 94.5 Å². The lowest BCUT2D eigenvalue weighted by Crippen LogP contribution is -2.49. The summed E-state index contributed by atoms with van der Waals surface area (Å²) in [7, 11) is 1.49. The average Bonchev–Trinajstić information content (AvgIpc) is 2.60. The largest absolute Gasteiger partial charge is 0.493 e. The van der Waals surface area contributed by atoms with E-state index in [4.69, 9.17) is 24.1 Å². The van der Waals surface area contributed by atoms with Gasteiger partial charge in [-0.2, -0.15) is 0 Å². The molecule has 1 N–H and O–H groups in total. The van der Waals surface area contributed by atoms with Crippen molar-refractivity contribution >= 4 is 11.9 Å². The third-order valence-corrected chi connectivity index (χ3v) is 3.97. The van der Waals surface area contributed by atoms with Gasteiger partial charge >= 0.3 is 5.97 Å². The highest BCUT2D eigenvalue weighted by Gasteiger charge is 2.31. The molecule has 8 heteroatoms. The lowest BCUT2D eigenvalue weighted by Gasteiger charge is -2.35. The summed E-state index contributed by atoms with van der Waals surface area (Å²) >= 11 is 0. The molecule has 130 valence electrons. The Morgan fingerprint density at radius 3 is 2.83 bits per heavy atom. The highest BCUT2D eigenvalue weighted by Crippen LogP contribution is 2.40. The molecule has 2 aliphatic heterocycles. The molecular formula is C16H19NO7. The summed E-state index contributed by atoms with van der Waals surface area (Å²) in [6.45, 7) is 1.74. The average molecular weight is 337 g/mol. The van der Waals surface area contributed by atoms with Crippen LogP contribution in [0.5, 0.6) is 17.2 Å². The van der Waals surface area contributed by atoms with Crippen LogP contribution in [-0.2, 0) is 9.53 Å². The first-order valence-corrected chi connectivity index (χ1v) is 7.68. The Hall–Kier alpha value is -2.48. The molecule has 0 radical (unpaired) electrons. The van der Waals surface area contributed by atoms with Crippen molar-refractivity contribution < 1.29 is 33.6 Å². The van der Waals surface area contributed by atoms with E-state index in [0.29, 0.717) is 49.2 Å². The Morgan fingerprint density at radius 1 is 1.29 bits per heavy atom. The molecule has 0 aliphatic carbocycles. The number of carboxylic acids is 1. The zero-order valence-corrected chi connectivity index (χ0v) is 13.3. The third-order valence-electron chi connectivity index (χ3n) is 3.97. The Kier molecular flexibility index (Phi) is 4.75. The fourth-order valence-electron chi connectivity index (χ4n) is 2.86. The number of carbonyl (C=O) groups excluding carboxylic acids is 1. The number of ether oxygens (including phenoxy) is 4. The van der Waals surface area contributed by atoms with Crippen LogP contribution >= 0.6 is 0 Å². The molecule has 8 nitrogen and oxygen atoms in total. The minimum Gasteiger partial charge on any atom is -0.493 e. The molecule has 1 aromatic rings. The molecule has 3 rings (SSSR count). The third kappa shape index (κ3) is 3.23. The summed E-state index contributed by atoms with van der Waals surface area (Å²) in [6, 6.07) is 2.69. The van der Waals surface area contributed by atoms with Crippen molar-refractivity contribution in [2.75, 3.05) is 40.1 Å². The van der Waals surface area contributed by atoms with Gasteiger partial charge in [-0.05, 0) is 12.1 Å². The Balaban J connectivity index is 1.89. The molecule has 1 fully saturated rings. The van der Waals surface area contributed by atoms with Gasteiger partial charge in [0.05, 0.1) is 32.8 Å². The minimum absolute atomic E-state index is 0.159. The molecular weight excluding hydrogens is 318 g/mol. The minimum atomic E-state index is -0.969. The lowest BCUT2D eigenvalue weighted by atomic mass is 10.1. The molecule has 1 atom stereocenters. The molecule has 0 saturated carbocycles. The van der Waals surface area contributed by atoms with Crippen molar-refractivity contribution in [1.82, 2.24) is 4.90 Å². The van der Waals surface area contributed by atoms with Gasteiger partial charge in [0.1, 0.15) is 13.2 Å². The number of carbonyl (C=O) groups is 2. The number of aliphatic carboxylic acids is 1. The molecule has 1 aromatic carbocycles. The van der Waals surface area contributed by atoms with Crippen LogP contribution in [0.15, 0.2) is 12.1 Å².